The molecule has 2 rings (SSSR count). The van der Waals surface area contributed by atoms with Crippen molar-refractivity contribution in [3.63, 3.8) is 0 Å². The molecule has 1 aliphatic rings. The Morgan fingerprint density at radius 2 is 1.80 bits per heavy atom. The van der Waals surface area contributed by atoms with Gasteiger partial charge in [-0.1, -0.05) is 30.3 Å². The lowest BCUT2D eigenvalue weighted by Crippen LogP contribution is -2.69. The number of ether oxygens (including phenoxy) is 1. The van der Waals surface area contributed by atoms with Crippen molar-refractivity contribution in [2.24, 2.45) is 0 Å². The molecule has 0 saturated carbocycles. The van der Waals surface area contributed by atoms with Gasteiger partial charge in [-0.3, -0.25) is 4.79 Å². The van der Waals surface area contributed by atoms with E-state index >= 15 is 0 Å². The van der Waals surface area contributed by atoms with Gasteiger partial charge in [0.05, 0.1) is 6.61 Å². The molecule has 1 aromatic carbocycles. The first-order valence-electron chi connectivity index (χ1n) is 6.05. The third kappa shape index (κ3) is 2.24. The maximum Gasteiger partial charge on any atom is 0.207 e. The summed E-state index contributed by atoms with van der Waals surface area (Å²) >= 11 is 0. The summed E-state index contributed by atoms with van der Waals surface area (Å²) in [6, 6.07) is 7.54. The second-order valence-electron chi connectivity index (χ2n) is 4.67. The van der Waals surface area contributed by atoms with Crippen molar-refractivity contribution in [3.8, 4) is 0 Å². The van der Waals surface area contributed by atoms with Crippen molar-refractivity contribution in [1.82, 2.24) is 0 Å². The molecule has 0 spiro atoms. The predicted octanol–water partition coefficient (Wildman–Crippen LogP) is -1.97. The third-order valence-corrected chi connectivity index (χ3v) is 3.42. The van der Waals surface area contributed by atoms with Crippen LogP contribution < -0.4 is 0 Å². The Labute approximate surface area is 114 Å². The average Bonchev–Trinajstić information content (AvgIpc) is 2.48. The summed E-state index contributed by atoms with van der Waals surface area (Å²) in [5.74, 6) is -0.978. The predicted molar refractivity (Wildman–Crippen MR) is 65.7 cm³/mol. The molecule has 1 fully saturated rings. The van der Waals surface area contributed by atoms with Crippen molar-refractivity contribution >= 4 is 5.78 Å². The number of aliphatic hydroxyl groups excluding tert-OH is 4. The Balaban J connectivity index is 2.35. The maximum absolute atomic E-state index is 12.3. The number of aliphatic hydroxyl groups is 5. The van der Waals surface area contributed by atoms with E-state index in [9.17, 15) is 25.2 Å². The molecule has 20 heavy (non-hydrogen) atoms. The van der Waals surface area contributed by atoms with E-state index < -0.39 is 42.6 Å². The van der Waals surface area contributed by atoms with E-state index in [-0.39, 0.29) is 5.56 Å². The van der Waals surface area contributed by atoms with Crippen molar-refractivity contribution < 1.29 is 35.1 Å². The van der Waals surface area contributed by atoms with Crippen molar-refractivity contribution in [3.05, 3.63) is 35.9 Å². The standard InChI is InChI=1S/C13H16O7/c14-6-8-9(15)11(17)13(19,12(18)20-8)10(16)7-4-2-1-3-5-7/h1-5,8-9,11-12,14-15,17-19H,6H2/t8-,9-,11+,12?,13-/m1/s1. The monoisotopic (exact) mass is 284 g/mol. The normalized spacial score (nSPS) is 37.6. The van der Waals surface area contributed by atoms with E-state index in [1.165, 1.54) is 12.1 Å². The van der Waals surface area contributed by atoms with Gasteiger partial charge in [-0.15, -0.1) is 0 Å². The zero-order chi connectivity index (χ0) is 14.9. The SMILES string of the molecule is O=C(c1ccccc1)[C@]1(O)C(O)O[C@H](CO)[C@@H](O)[C@@H]1O. The zero-order valence-electron chi connectivity index (χ0n) is 10.5. The summed E-state index contributed by atoms with van der Waals surface area (Å²) in [4.78, 5) is 12.3. The van der Waals surface area contributed by atoms with Crippen molar-refractivity contribution in [2.45, 2.75) is 30.2 Å². The number of carbonyl (C=O) groups excluding carboxylic acids is 1. The highest BCUT2D eigenvalue weighted by Gasteiger charge is 2.58. The number of carbonyl (C=O) groups is 1. The summed E-state index contributed by atoms with van der Waals surface area (Å²) in [7, 11) is 0. The molecule has 7 heteroatoms. The molecular weight excluding hydrogens is 268 g/mol. The molecule has 7 nitrogen and oxygen atoms in total. The molecule has 0 aromatic heterocycles. The molecule has 1 aromatic rings. The first kappa shape index (κ1) is 15.0. The molecule has 0 radical (unpaired) electrons. The summed E-state index contributed by atoms with van der Waals surface area (Å²) in [5.41, 5.74) is -2.65. The van der Waals surface area contributed by atoms with Crippen LogP contribution in [0.25, 0.3) is 0 Å². The van der Waals surface area contributed by atoms with Crippen LogP contribution >= 0.6 is 0 Å². The number of benzene rings is 1. The molecule has 1 saturated heterocycles. The lowest BCUT2D eigenvalue weighted by Gasteiger charge is -2.44. The lowest BCUT2D eigenvalue weighted by molar-refractivity contribution is -0.310. The molecular formula is C13H16O7. The highest BCUT2D eigenvalue weighted by molar-refractivity contribution is 6.03. The van der Waals surface area contributed by atoms with Gasteiger partial charge in [0.1, 0.15) is 18.3 Å². The van der Waals surface area contributed by atoms with Crippen LogP contribution in [0.15, 0.2) is 30.3 Å². The number of hydrogen-bond acceptors (Lipinski definition) is 7. The molecule has 5 N–H and O–H groups in total. The molecule has 1 unspecified atom stereocenters. The van der Waals surface area contributed by atoms with Gasteiger partial charge in [-0.05, 0) is 0 Å². The molecule has 110 valence electrons. The molecule has 0 amide bonds. The zero-order valence-corrected chi connectivity index (χ0v) is 10.5. The van der Waals surface area contributed by atoms with Crippen LogP contribution in [0, 0.1) is 0 Å². The minimum absolute atomic E-state index is 0.0475. The van der Waals surface area contributed by atoms with Crippen LogP contribution in [0.1, 0.15) is 10.4 Å². The summed E-state index contributed by atoms with van der Waals surface area (Å²) < 4.78 is 4.80. The Bertz CT molecular complexity index is 477. The second kappa shape index (κ2) is 5.57. The van der Waals surface area contributed by atoms with Crippen LogP contribution in [0.2, 0.25) is 0 Å². The second-order valence-corrected chi connectivity index (χ2v) is 4.67. The topological polar surface area (TPSA) is 127 Å². The highest BCUT2D eigenvalue weighted by Crippen LogP contribution is 2.31. The van der Waals surface area contributed by atoms with Crippen LogP contribution in [-0.2, 0) is 4.74 Å². The van der Waals surface area contributed by atoms with E-state index in [1.54, 1.807) is 18.2 Å². The summed E-state index contributed by atoms with van der Waals surface area (Å²) in [5, 5.41) is 48.7. The Kier molecular flexibility index (Phi) is 4.19. The first-order valence-corrected chi connectivity index (χ1v) is 6.05. The van der Waals surface area contributed by atoms with E-state index in [2.05, 4.69) is 0 Å². The molecule has 1 aliphatic heterocycles. The summed E-state index contributed by atoms with van der Waals surface area (Å²) in [6.07, 6.45) is -7.05. The van der Waals surface area contributed by atoms with Gasteiger partial charge in [0.2, 0.25) is 11.4 Å². The van der Waals surface area contributed by atoms with E-state index in [0.717, 1.165) is 0 Å². The average molecular weight is 284 g/mol. The first-order chi connectivity index (χ1) is 9.42. The smallest absolute Gasteiger partial charge is 0.207 e. The minimum atomic E-state index is -2.70. The van der Waals surface area contributed by atoms with E-state index in [0.29, 0.717) is 0 Å². The molecule has 1 heterocycles. The van der Waals surface area contributed by atoms with E-state index in [4.69, 9.17) is 9.84 Å². The number of rotatable bonds is 3. The lowest BCUT2D eigenvalue weighted by atomic mass is 9.81. The van der Waals surface area contributed by atoms with Crippen LogP contribution in [0.4, 0.5) is 0 Å². The van der Waals surface area contributed by atoms with E-state index in [1.807, 2.05) is 0 Å². The minimum Gasteiger partial charge on any atom is -0.394 e. The van der Waals surface area contributed by atoms with Gasteiger partial charge < -0.3 is 30.3 Å². The fraction of sp³-hybridized carbons (Fsp3) is 0.462. The fourth-order valence-electron chi connectivity index (χ4n) is 2.18. The maximum atomic E-state index is 12.3. The number of Topliss-reactive ketones (excluding diaryl/α,β-unsaturated/α-hetero) is 1. The highest BCUT2D eigenvalue weighted by atomic mass is 16.6. The third-order valence-electron chi connectivity index (χ3n) is 3.42. The van der Waals surface area contributed by atoms with Crippen LogP contribution in [-0.4, -0.2) is 68.1 Å². The van der Waals surface area contributed by atoms with Gasteiger partial charge in [0, 0.05) is 5.56 Å². The number of ketones is 1. The van der Waals surface area contributed by atoms with Gasteiger partial charge in [-0.25, -0.2) is 0 Å². The van der Waals surface area contributed by atoms with Gasteiger partial charge in [0.15, 0.2) is 6.29 Å². The van der Waals surface area contributed by atoms with Crippen molar-refractivity contribution in [2.75, 3.05) is 6.61 Å². The van der Waals surface area contributed by atoms with Crippen molar-refractivity contribution in [1.29, 1.82) is 0 Å². The molecule has 5 atom stereocenters. The molecule has 0 bridgehead atoms. The van der Waals surface area contributed by atoms with Crippen LogP contribution in [0.5, 0.6) is 0 Å². The van der Waals surface area contributed by atoms with Gasteiger partial charge in [0.25, 0.3) is 0 Å². The quantitative estimate of drug-likeness (QED) is 0.407. The van der Waals surface area contributed by atoms with Gasteiger partial charge in [-0.2, -0.15) is 0 Å². The Hall–Kier alpha value is -1.35. The fourth-order valence-corrected chi connectivity index (χ4v) is 2.18. The Morgan fingerprint density at radius 3 is 2.35 bits per heavy atom. The van der Waals surface area contributed by atoms with Crippen LogP contribution in [0.3, 0.4) is 0 Å². The number of hydrogen-bond donors (Lipinski definition) is 5. The summed E-state index contributed by atoms with van der Waals surface area (Å²) in [6.45, 7) is -0.676. The largest absolute Gasteiger partial charge is 0.394 e. The van der Waals surface area contributed by atoms with Gasteiger partial charge >= 0.3 is 0 Å². The molecule has 0 aliphatic carbocycles. The Morgan fingerprint density at radius 1 is 1.20 bits per heavy atom.